The van der Waals surface area contributed by atoms with Crippen LogP contribution >= 0.6 is 0 Å². The van der Waals surface area contributed by atoms with Crippen LogP contribution in [0.4, 0.5) is 0 Å². The van der Waals surface area contributed by atoms with Crippen molar-refractivity contribution in [1.29, 1.82) is 0 Å². The van der Waals surface area contributed by atoms with Crippen LogP contribution in [0.2, 0.25) is 0 Å². The molecule has 1 atom stereocenters. The number of morpholine rings is 1. The summed E-state index contributed by atoms with van der Waals surface area (Å²) in [6.07, 6.45) is 4.34. The molecule has 2 heterocycles. The Morgan fingerprint density at radius 3 is 2.83 bits per heavy atom. The number of nitrogens with zero attached hydrogens (tertiary/aromatic N) is 3. The van der Waals surface area contributed by atoms with Gasteiger partial charge in [-0.3, -0.25) is 4.90 Å². The molecule has 128 valence electrons. The maximum absolute atomic E-state index is 5.96. The van der Waals surface area contributed by atoms with E-state index in [1.807, 2.05) is 12.3 Å². The molecule has 0 amide bonds. The van der Waals surface area contributed by atoms with Crippen molar-refractivity contribution < 1.29 is 4.74 Å². The van der Waals surface area contributed by atoms with Crippen LogP contribution in [-0.4, -0.2) is 40.7 Å². The first-order valence-corrected chi connectivity index (χ1v) is 8.90. The lowest BCUT2D eigenvalue weighted by Gasteiger charge is -2.32. The van der Waals surface area contributed by atoms with E-state index in [2.05, 4.69) is 54.1 Å². The number of aromatic nitrogens is 2. The predicted octanol–water partition coefficient (Wildman–Crippen LogP) is 3.43. The van der Waals surface area contributed by atoms with Gasteiger partial charge in [-0.1, -0.05) is 44.2 Å². The zero-order chi connectivity index (χ0) is 16.8. The molecule has 1 saturated heterocycles. The molecule has 3 rings (SSSR count). The molecule has 0 N–H and O–H groups in total. The fourth-order valence-corrected chi connectivity index (χ4v) is 3.08. The predicted molar refractivity (Wildman–Crippen MR) is 95.9 cm³/mol. The molecule has 1 aliphatic rings. The maximum Gasteiger partial charge on any atom is 0.131 e. The van der Waals surface area contributed by atoms with Crippen LogP contribution in [0, 0.1) is 0 Å². The van der Waals surface area contributed by atoms with Gasteiger partial charge in [0.25, 0.3) is 0 Å². The van der Waals surface area contributed by atoms with Crippen LogP contribution in [-0.2, 0) is 17.7 Å². The number of benzene rings is 1. The van der Waals surface area contributed by atoms with Crippen LogP contribution < -0.4 is 0 Å². The molecule has 0 bridgehead atoms. The SMILES string of the molecule is CC(C)c1nccc(CN2CCOC(CCc3ccccc3)C2)n1. The molecule has 1 aromatic carbocycles. The van der Waals surface area contributed by atoms with Crippen LogP contribution in [0.3, 0.4) is 0 Å². The van der Waals surface area contributed by atoms with Gasteiger partial charge in [0.15, 0.2) is 0 Å². The molecule has 24 heavy (non-hydrogen) atoms. The molecule has 4 nitrogen and oxygen atoms in total. The number of hydrogen-bond donors (Lipinski definition) is 0. The second-order valence-electron chi connectivity index (χ2n) is 6.81. The lowest BCUT2D eigenvalue weighted by Crippen LogP contribution is -2.42. The Bertz CT molecular complexity index is 630. The van der Waals surface area contributed by atoms with E-state index in [0.717, 1.165) is 50.6 Å². The van der Waals surface area contributed by atoms with Gasteiger partial charge in [-0.15, -0.1) is 0 Å². The Kier molecular flexibility index (Phi) is 5.94. The third-order valence-electron chi connectivity index (χ3n) is 4.45. The highest BCUT2D eigenvalue weighted by atomic mass is 16.5. The summed E-state index contributed by atoms with van der Waals surface area (Å²) >= 11 is 0. The number of rotatable bonds is 6. The lowest BCUT2D eigenvalue weighted by atomic mass is 10.1. The molecule has 1 aromatic heterocycles. The third-order valence-corrected chi connectivity index (χ3v) is 4.45. The first kappa shape index (κ1) is 17.1. The topological polar surface area (TPSA) is 38.2 Å². The van der Waals surface area contributed by atoms with E-state index < -0.39 is 0 Å². The second-order valence-corrected chi connectivity index (χ2v) is 6.81. The van der Waals surface area contributed by atoms with Crippen LogP contribution in [0.1, 0.15) is 43.3 Å². The van der Waals surface area contributed by atoms with Gasteiger partial charge in [0.2, 0.25) is 0 Å². The molecule has 0 aliphatic carbocycles. The van der Waals surface area contributed by atoms with E-state index in [1.165, 1.54) is 5.56 Å². The van der Waals surface area contributed by atoms with E-state index in [0.29, 0.717) is 12.0 Å². The first-order valence-electron chi connectivity index (χ1n) is 8.90. The molecule has 1 unspecified atom stereocenters. The molecule has 4 heteroatoms. The summed E-state index contributed by atoms with van der Waals surface area (Å²) in [5.74, 6) is 1.30. The molecule has 2 aromatic rings. The fourth-order valence-electron chi connectivity index (χ4n) is 3.08. The summed E-state index contributed by atoms with van der Waals surface area (Å²) in [4.78, 5) is 11.5. The second kappa shape index (κ2) is 8.36. The van der Waals surface area contributed by atoms with Crippen molar-refractivity contribution in [3.8, 4) is 0 Å². The Hall–Kier alpha value is -1.78. The van der Waals surface area contributed by atoms with Gasteiger partial charge in [-0.25, -0.2) is 9.97 Å². The summed E-state index contributed by atoms with van der Waals surface area (Å²) < 4.78 is 5.96. The minimum Gasteiger partial charge on any atom is -0.376 e. The molecule has 0 radical (unpaired) electrons. The zero-order valence-electron chi connectivity index (χ0n) is 14.7. The van der Waals surface area contributed by atoms with E-state index in [9.17, 15) is 0 Å². The first-order chi connectivity index (χ1) is 11.7. The Morgan fingerprint density at radius 1 is 1.21 bits per heavy atom. The number of aryl methyl sites for hydroxylation is 1. The van der Waals surface area contributed by atoms with Gasteiger partial charge in [0.05, 0.1) is 18.4 Å². The van der Waals surface area contributed by atoms with Crippen molar-refractivity contribution in [3.63, 3.8) is 0 Å². The van der Waals surface area contributed by atoms with Crippen molar-refractivity contribution in [2.75, 3.05) is 19.7 Å². The lowest BCUT2D eigenvalue weighted by molar-refractivity contribution is -0.0349. The van der Waals surface area contributed by atoms with Crippen molar-refractivity contribution in [3.05, 3.63) is 59.7 Å². The zero-order valence-corrected chi connectivity index (χ0v) is 14.7. The summed E-state index contributed by atoms with van der Waals surface area (Å²) in [7, 11) is 0. The highest BCUT2D eigenvalue weighted by Crippen LogP contribution is 2.15. The van der Waals surface area contributed by atoms with Crippen LogP contribution in [0.5, 0.6) is 0 Å². The van der Waals surface area contributed by atoms with Crippen molar-refractivity contribution in [1.82, 2.24) is 14.9 Å². The smallest absolute Gasteiger partial charge is 0.131 e. The summed E-state index contributed by atoms with van der Waals surface area (Å²) in [6, 6.07) is 12.7. The van der Waals surface area contributed by atoms with E-state index in [-0.39, 0.29) is 0 Å². The van der Waals surface area contributed by atoms with Gasteiger partial charge in [0.1, 0.15) is 5.82 Å². The number of ether oxygens (including phenoxy) is 1. The van der Waals surface area contributed by atoms with Crippen molar-refractivity contribution >= 4 is 0 Å². The van der Waals surface area contributed by atoms with Gasteiger partial charge in [-0.2, -0.15) is 0 Å². The average Bonchev–Trinajstić information content (AvgIpc) is 2.61. The highest BCUT2D eigenvalue weighted by molar-refractivity contribution is 5.14. The summed E-state index contributed by atoms with van der Waals surface area (Å²) in [6.45, 7) is 7.91. The Morgan fingerprint density at radius 2 is 2.04 bits per heavy atom. The molecule has 0 saturated carbocycles. The summed E-state index contributed by atoms with van der Waals surface area (Å²) in [5.41, 5.74) is 2.49. The van der Waals surface area contributed by atoms with Gasteiger partial charge < -0.3 is 4.74 Å². The largest absolute Gasteiger partial charge is 0.376 e. The van der Waals surface area contributed by atoms with E-state index in [1.54, 1.807) is 0 Å². The molecule has 1 aliphatic heterocycles. The van der Waals surface area contributed by atoms with Crippen molar-refractivity contribution in [2.24, 2.45) is 0 Å². The van der Waals surface area contributed by atoms with Crippen LogP contribution in [0.15, 0.2) is 42.6 Å². The number of hydrogen-bond acceptors (Lipinski definition) is 4. The third kappa shape index (κ3) is 4.86. The standard InChI is InChI=1S/C20H27N3O/c1-16(2)20-21-11-10-18(22-20)14-23-12-13-24-19(15-23)9-8-17-6-4-3-5-7-17/h3-7,10-11,16,19H,8-9,12-15H2,1-2H3. The van der Waals surface area contributed by atoms with E-state index >= 15 is 0 Å². The molecule has 1 fully saturated rings. The van der Waals surface area contributed by atoms with Gasteiger partial charge in [-0.05, 0) is 24.5 Å². The molecular formula is C20H27N3O. The van der Waals surface area contributed by atoms with Gasteiger partial charge >= 0.3 is 0 Å². The summed E-state index contributed by atoms with van der Waals surface area (Å²) in [5, 5.41) is 0. The molecule has 0 spiro atoms. The Balaban J connectivity index is 1.53. The minimum atomic E-state index is 0.311. The van der Waals surface area contributed by atoms with Crippen molar-refractivity contribution in [2.45, 2.75) is 45.3 Å². The fraction of sp³-hybridized carbons (Fsp3) is 0.500. The monoisotopic (exact) mass is 325 g/mol. The highest BCUT2D eigenvalue weighted by Gasteiger charge is 2.21. The average molecular weight is 325 g/mol. The maximum atomic E-state index is 5.96. The molecular weight excluding hydrogens is 298 g/mol. The van der Waals surface area contributed by atoms with Crippen LogP contribution in [0.25, 0.3) is 0 Å². The minimum absolute atomic E-state index is 0.311. The quantitative estimate of drug-likeness (QED) is 0.815. The van der Waals surface area contributed by atoms with E-state index in [4.69, 9.17) is 9.72 Å². The normalized spacial score (nSPS) is 18.9. The Labute approximate surface area is 144 Å². The van der Waals surface area contributed by atoms with Gasteiger partial charge in [0, 0.05) is 31.7 Å².